The van der Waals surface area contributed by atoms with E-state index in [0.717, 1.165) is 25.7 Å². The summed E-state index contributed by atoms with van der Waals surface area (Å²) in [5, 5.41) is 3.44. The van der Waals surface area contributed by atoms with Crippen LogP contribution in [0.1, 0.15) is 25.7 Å². The molecule has 1 aliphatic carbocycles. The van der Waals surface area contributed by atoms with Gasteiger partial charge in [0.2, 0.25) is 0 Å². The first-order valence-corrected chi connectivity index (χ1v) is 6.54. The van der Waals surface area contributed by atoms with Gasteiger partial charge in [0.25, 0.3) is 0 Å². The van der Waals surface area contributed by atoms with Gasteiger partial charge in [-0.25, -0.2) is 0 Å². The lowest BCUT2D eigenvalue weighted by Crippen LogP contribution is -2.34. The fraction of sp³-hybridized carbons (Fsp3) is 0.700. The summed E-state index contributed by atoms with van der Waals surface area (Å²) in [6.07, 6.45) is 4.07. The summed E-state index contributed by atoms with van der Waals surface area (Å²) in [4.78, 5) is 26.0. The van der Waals surface area contributed by atoms with Gasteiger partial charge in [0.1, 0.15) is 0 Å². The standard InChI is InChI=1S/C10H16N4O2S/c1-14-10(12-8(15)9(16)13-14)17-7-4-2-6(11)3-5-7/h6-7H,2-5,11H2,1H3,(H,13,16). The third-order valence-electron chi connectivity index (χ3n) is 2.94. The lowest BCUT2D eigenvalue weighted by atomic mass is 9.96. The van der Waals surface area contributed by atoms with Gasteiger partial charge in [-0.3, -0.25) is 19.4 Å². The minimum absolute atomic E-state index is 0.305. The molecule has 0 amide bonds. The number of nitrogens with one attached hydrogen (secondary N) is 1. The highest BCUT2D eigenvalue weighted by molar-refractivity contribution is 7.99. The molecule has 0 unspecified atom stereocenters. The molecule has 1 fully saturated rings. The highest BCUT2D eigenvalue weighted by Crippen LogP contribution is 2.31. The second-order valence-corrected chi connectivity index (χ2v) is 5.62. The molecule has 1 saturated carbocycles. The first-order chi connectivity index (χ1) is 8.06. The number of aryl methyl sites for hydroxylation is 1. The minimum Gasteiger partial charge on any atom is -0.328 e. The predicted octanol–water partition coefficient (Wildman–Crippen LogP) is -0.169. The van der Waals surface area contributed by atoms with E-state index in [0.29, 0.717) is 16.4 Å². The third kappa shape index (κ3) is 2.98. The van der Waals surface area contributed by atoms with Crippen LogP contribution in [-0.4, -0.2) is 26.1 Å². The van der Waals surface area contributed by atoms with Crippen molar-refractivity contribution >= 4 is 11.8 Å². The Balaban J connectivity index is 2.11. The van der Waals surface area contributed by atoms with Crippen LogP contribution >= 0.6 is 11.8 Å². The van der Waals surface area contributed by atoms with Crippen molar-refractivity contribution in [3.05, 3.63) is 20.7 Å². The Kier molecular flexibility index (Phi) is 3.68. The van der Waals surface area contributed by atoms with Gasteiger partial charge in [0, 0.05) is 18.3 Å². The number of H-pyrrole nitrogens is 1. The van der Waals surface area contributed by atoms with Crippen LogP contribution in [0, 0.1) is 0 Å². The van der Waals surface area contributed by atoms with E-state index in [1.54, 1.807) is 18.8 Å². The topological polar surface area (TPSA) is 93.8 Å². The van der Waals surface area contributed by atoms with Crippen molar-refractivity contribution in [2.75, 3.05) is 0 Å². The number of nitrogens with zero attached hydrogens (tertiary/aromatic N) is 2. The molecule has 0 spiro atoms. The summed E-state index contributed by atoms with van der Waals surface area (Å²) < 4.78 is 1.50. The zero-order valence-electron chi connectivity index (χ0n) is 9.68. The maximum atomic E-state index is 11.2. The van der Waals surface area contributed by atoms with Crippen molar-refractivity contribution in [3.8, 4) is 0 Å². The molecule has 1 aromatic rings. The summed E-state index contributed by atoms with van der Waals surface area (Å²) in [5.74, 6) is 0. The molecule has 3 N–H and O–H groups in total. The van der Waals surface area contributed by atoms with E-state index in [-0.39, 0.29) is 0 Å². The zero-order chi connectivity index (χ0) is 12.4. The maximum absolute atomic E-state index is 11.2. The number of hydrogen-bond donors (Lipinski definition) is 2. The molecule has 7 heteroatoms. The largest absolute Gasteiger partial charge is 0.339 e. The van der Waals surface area contributed by atoms with Gasteiger partial charge in [-0.1, -0.05) is 11.8 Å². The van der Waals surface area contributed by atoms with Crippen LogP contribution in [0.15, 0.2) is 14.7 Å². The van der Waals surface area contributed by atoms with Crippen molar-refractivity contribution in [1.82, 2.24) is 14.8 Å². The SMILES string of the molecule is Cn1[nH]c(=O)c(=O)nc1SC1CCC(N)CC1. The first kappa shape index (κ1) is 12.4. The Morgan fingerprint density at radius 1 is 1.35 bits per heavy atom. The van der Waals surface area contributed by atoms with Crippen molar-refractivity contribution in [3.63, 3.8) is 0 Å². The normalized spacial score (nSPS) is 24.8. The maximum Gasteiger partial charge on any atom is 0.339 e. The van der Waals surface area contributed by atoms with E-state index in [1.807, 2.05) is 0 Å². The number of aromatic nitrogens is 3. The van der Waals surface area contributed by atoms with Crippen LogP contribution in [0.2, 0.25) is 0 Å². The van der Waals surface area contributed by atoms with Gasteiger partial charge < -0.3 is 5.73 Å². The summed E-state index contributed by atoms with van der Waals surface area (Å²) >= 11 is 1.54. The summed E-state index contributed by atoms with van der Waals surface area (Å²) in [6, 6.07) is 0.305. The van der Waals surface area contributed by atoms with Crippen molar-refractivity contribution < 1.29 is 0 Å². The van der Waals surface area contributed by atoms with Crippen LogP contribution in [0.5, 0.6) is 0 Å². The molecule has 0 aliphatic heterocycles. The quantitative estimate of drug-likeness (QED) is 0.717. The summed E-state index contributed by atoms with van der Waals surface area (Å²) in [7, 11) is 1.69. The van der Waals surface area contributed by atoms with Gasteiger partial charge in [-0.15, -0.1) is 0 Å². The molecule has 6 nitrogen and oxygen atoms in total. The van der Waals surface area contributed by atoms with E-state index in [2.05, 4.69) is 10.1 Å². The highest BCUT2D eigenvalue weighted by Gasteiger charge is 2.21. The summed E-state index contributed by atoms with van der Waals surface area (Å²) in [5.41, 5.74) is 4.43. The Bertz CT molecular complexity index is 502. The van der Waals surface area contributed by atoms with Crippen molar-refractivity contribution in [1.29, 1.82) is 0 Å². The van der Waals surface area contributed by atoms with Gasteiger partial charge in [-0.2, -0.15) is 4.98 Å². The van der Waals surface area contributed by atoms with E-state index in [4.69, 9.17) is 5.73 Å². The molecule has 0 bridgehead atoms. The predicted molar refractivity (Wildman–Crippen MR) is 66.2 cm³/mol. The highest BCUT2D eigenvalue weighted by atomic mass is 32.2. The number of thioether (sulfide) groups is 1. The molecule has 0 saturated heterocycles. The molecule has 2 rings (SSSR count). The van der Waals surface area contributed by atoms with Gasteiger partial charge >= 0.3 is 11.1 Å². The van der Waals surface area contributed by atoms with Crippen LogP contribution in [-0.2, 0) is 7.05 Å². The lowest BCUT2D eigenvalue weighted by molar-refractivity contribution is 0.449. The van der Waals surface area contributed by atoms with Crippen LogP contribution in [0.3, 0.4) is 0 Å². The monoisotopic (exact) mass is 256 g/mol. The molecular weight excluding hydrogens is 240 g/mol. The number of rotatable bonds is 2. The molecule has 1 aliphatic rings. The molecule has 17 heavy (non-hydrogen) atoms. The number of nitrogens with two attached hydrogens (primary N) is 1. The molecule has 1 aromatic heterocycles. The minimum atomic E-state index is -0.724. The van der Waals surface area contributed by atoms with Gasteiger partial charge in [0.15, 0.2) is 5.16 Å². The summed E-state index contributed by atoms with van der Waals surface area (Å²) in [6.45, 7) is 0. The molecule has 94 valence electrons. The van der Waals surface area contributed by atoms with E-state index >= 15 is 0 Å². The van der Waals surface area contributed by atoms with E-state index in [9.17, 15) is 9.59 Å². The second kappa shape index (κ2) is 5.05. The number of aromatic amines is 1. The molecule has 0 aromatic carbocycles. The Morgan fingerprint density at radius 2 is 2.00 bits per heavy atom. The molecule has 0 atom stereocenters. The van der Waals surface area contributed by atoms with Crippen molar-refractivity contribution in [2.24, 2.45) is 12.8 Å². The Morgan fingerprint density at radius 3 is 2.65 bits per heavy atom. The average Bonchev–Trinajstić information content (AvgIpc) is 2.29. The fourth-order valence-electron chi connectivity index (χ4n) is 1.92. The first-order valence-electron chi connectivity index (χ1n) is 5.66. The van der Waals surface area contributed by atoms with E-state index in [1.165, 1.54) is 4.68 Å². The van der Waals surface area contributed by atoms with Gasteiger partial charge in [-0.05, 0) is 25.7 Å². The third-order valence-corrected chi connectivity index (χ3v) is 4.32. The smallest absolute Gasteiger partial charge is 0.328 e. The lowest BCUT2D eigenvalue weighted by Gasteiger charge is -2.25. The van der Waals surface area contributed by atoms with Crippen molar-refractivity contribution in [2.45, 2.75) is 42.1 Å². The Hall–Kier alpha value is -1.08. The van der Waals surface area contributed by atoms with Crippen LogP contribution < -0.4 is 16.9 Å². The Labute approximate surface area is 103 Å². The molecule has 0 radical (unpaired) electrons. The average molecular weight is 256 g/mol. The van der Waals surface area contributed by atoms with Crippen LogP contribution in [0.25, 0.3) is 0 Å². The second-order valence-electron chi connectivity index (χ2n) is 4.35. The fourth-order valence-corrected chi connectivity index (χ4v) is 3.07. The number of hydrogen-bond acceptors (Lipinski definition) is 5. The molecule has 1 heterocycles. The molecular formula is C10H16N4O2S. The van der Waals surface area contributed by atoms with E-state index < -0.39 is 11.1 Å². The van der Waals surface area contributed by atoms with Gasteiger partial charge in [0.05, 0.1) is 0 Å². The van der Waals surface area contributed by atoms with Crippen LogP contribution in [0.4, 0.5) is 0 Å². The zero-order valence-corrected chi connectivity index (χ0v) is 10.5.